The third-order valence-corrected chi connectivity index (χ3v) is 6.12. The zero-order valence-electron chi connectivity index (χ0n) is 18.8. The van der Waals surface area contributed by atoms with Gasteiger partial charge in [0.1, 0.15) is 11.6 Å². The Bertz CT molecular complexity index is 1440. The molecule has 5 aromatic rings. The van der Waals surface area contributed by atoms with E-state index in [1.165, 1.54) is 12.1 Å². The molecule has 2 heterocycles. The highest BCUT2D eigenvalue weighted by Crippen LogP contribution is 2.36. The van der Waals surface area contributed by atoms with Crippen molar-refractivity contribution in [2.45, 2.75) is 19.8 Å². The van der Waals surface area contributed by atoms with Crippen LogP contribution in [0.2, 0.25) is 0 Å². The first-order valence-corrected chi connectivity index (χ1v) is 10.9. The summed E-state index contributed by atoms with van der Waals surface area (Å²) in [5.74, 6) is 0.622. The van der Waals surface area contributed by atoms with Crippen LogP contribution in [0.3, 0.4) is 0 Å². The Kier molecular flexibility index (Phi) is 5.38. The summed E-state index contributed by atoms with van der Waals surface area (Å²) in [4.78, 5) is 9.05. The summed E-state index contributed by atoms with van der Waals surface area (Å²) in [6, 6.07) is 21.2. The standard InChI is InChI=1S/C28H24FN3O/c1-18-16-32(17-31-18)26-12-9-21(15-27(26)33-3)24-13-14-30-28-23(5-4-6-25(24)28)19(2)20-7-10-22(29)11-8-20/h4-17,19H,1-3H3. The Balaban J connectivity index is 1.61. The van der Waals surface area contributed by atoms with E-state index in [1.807, 2.05) is 48.1 Å². The van der Waals surface area contributed by atoms with Crippen molar-refractivity contribution in [1.82, 2.24) is 14.5 Å². The molecule has 0 fully saturated rings. The molecule has 0 aliphatic carbocycles. The number of nitrogens with zero attached hydrogens (tertiary/aromatic N) is 3. The molecule has 2 aromatic heterocycles. The molecule has 1 unspecified atom stereocenters. The number of ether oxygens (including phenoxy) is 1. The van der Waals surface area contributed by atoms with Crippen LogP contribution < -0.4 is 4.74 Å². The number of para-hydroxylation sites is 1. The van der Waals surface area contributed by atoms with Gasteiger partial charge in [0.25, 0.3) is 0 Å². The van der Waals surface area contributed by atoms with Crippen molar-refractivity contribution in [3.05, 3.63) is 108 Å². The van der Waals surface area contributed by atoms with Crippen LogP contribution in [0, 0.1) is 12.7 Å². The molecule has 1 atom stereocenters. The van der Waals surface area contributed by atoms with E-state index in [4.69, 9.17) is 9.72 Å². The normalized spacial score (nSPS) is 12.1. The number of aromatic nitrogens is 3. The van der Waals surface area contributed by atoms with Crippen LogP contribution in [0.1, 0.15) is 29.7 Å². The van der Waals surface area contributed by atoms with Gasteiger partial charge in [0.15, 0.2) is 0 Å². The van der Waals surface area contributed by atoms with Gasteiger partial charge in [0.2, 0.25) is 0 Å². The van der Waals surface area contributed by atoms with Gasteiger partial charge in [0, 0.05) is 23.7 Å². The number of hydrogen-bond donors (Lipinski definition) is 0. The van der Waals surface area contributed by atoms with E-state index in [0.29, 0.717) is 0 Å². The van der Waals surface area contributed by atoms with Crippen LogP contribution in [0.5, 0.6) is 5.75 Å². The van der Waals surface area contributed by atoms with Crippen LogP contribution in [-0.4, -0.2) is 21.6 Å². The number of rotatable bonds is 5. The quantitative estimate of drug-likeness (QED) is 0.307. The first-order valence-electron chi connectivity index (χ1n) is 10.9. The molecule has 0 bridgehead atoms. The predicted molar refractivity (Wildman–Crippen MR) is 130 cm³/mol. The lowest BCUT2D eigenvalue weighted by Gasteiger charge is -2.17. The van der Waals surface area contributed by atoms with Crippen molar-refractivity contribution in [2.24, 2.45) is 0 Å². The minimum atomic E-state index is -0.229. The zero-order valence-corrected chi connectivity index (χ0v) is 18.8. The van der Waals surface area contributed by atoms with Gasteiger partial charge in [-0.3, -0.25) is 4.98 Å². The Morgan fingerprint density at radius 1 is 0.970 bits per heavy atom. The molecule has 164 valence electrons. The molecule has 0 spiro atoms. The minimum Gasteiger partial charge on any atom is -0.495 e. The van der Waals surface area contributed by atoms with Gasteiger partial charge in [-0.2, -0.15) is 0 Å². The first kappa shape index (κ1) is 20.9. The molecule has 0 saturated carbocycles. The monoisotopic (exact) mass is 437 g/mol. The zero-order chi connectivity index (χ0) is 22.9. The smallest absolute Gasteiger partial charge is 0.143 e. The molecular weight excluding hydrogens is 413 g/mol. The summed E-state index contributed by atoms with van der Waals surface area (Å²) in [6.07, 6.45) is 5.61. The van der Waals surface area contributed by atoms with Crippen LogP contribution in [0.4, 0.5) is 4.39 Å². The predicted octanol–water partition coefficient (Wildman–Crippen LogP) is 6.70. The van der Waals surface area contributed by atoms with Crippen LogP contribution in [0.25, 0.3) is 27.7 Å². The van der Waals surface area contributed by atoms with Gasteiger partial charge in [-0.15, -0.1) is 0 Å². The van der Waals surface area contributed by atoms with Crippen molar-refractivity contribution >= 4 is 10.9 Å². The van der Waals surface area contributed by atoms with Crippen molar-refractivity contribution in [1.29, 1.82) is 0 Å². The molecule has 0 aliphatic rings. The molecule has 5 heteroatoms. The summed E-state index contributed by atoms with van der Waals surface area (Å²) in [5, 5.41) is 1.07. The maximum absolute atomic E-state index is 13.4. The third kappa shape index (κ3) is 3.87. The molecule has 33 heavy (non-hydrogen) atoms. The Labute approximate surface area is 192 Å². The Hall–Kier alpha value is -3.99. The topological polar surface area (TPSA) is 39.9 Å². The lowest BCUT2D eigenvalue weighted by Crippen LogP contribution is -1.99. The fourth-order valence-electron chi connectivity index (χ4n) is 4.34. The van der Waals surface area contributed by atoms with Gasteiger partial charge >= 0.3 is 0 Å². The number of halogens is 1. The molecule has 0 radical (unpaired) electrons. The summed E-state index contributed by atoms with van der Waals surface area (Å²) >= 11 is 0. The number of aryl methyl sites for hydroxylation is 1. The first-order chi connectivity index (χ1) is 16.0. The van der Waals surface area contributed by atoms with Gasteiger partial charge in [-0.25, -0.2) is 9.37 Å². The van der Waals surface area contributed by atoms with E-state index in [9.17, 15) is 4.39 Å². The van der Waals surface area contributed by atoms with Crippen LogP contribution in [-0.2, 0) is 0 Å². The summed E-state index contributed by atoms with van der Waals surface area (Å²) in [7, 11) is 1.68. The summed E-state index contributed by atoms with van der Waals surface area (Å²) < 4.78 is 21.1. The van der Waals surface area contributed by atoms with Crippen molar-refractivity contribution < 1.29 is 9.13 Å². The maximum Gasteiger partial charge on any atom is 0.143 e. The number of imidazole rings is 1. The van der Waals surface area contributed by atoms with Crippen molar-refractivity contribution in [2.75, 3.05) is 7.11 Å². The van der Waals surface area contributed by atoms with E-state index in [1.54, 1.807) is 13.4 Å². The summed E-state index contributed by atoms with van der Waals surface area (Å²) in [5.41, 5.74) is 7.12. The summed E-state index contributed by atoms with van der Waals surface area (Å²) in [6.45, 7) is 4.09. The molecule has 5 rings (SSSR count). The molecule has 0 amide bonds. The number of methoxy groups -OCH3 is 1. The number of fused-ring (bicyclic) bond motifs is 1. The van der Waals surface area contributed by atoms with Crippen molar-refractivity contribution in [3.63, 3.8) is 0 Å². The van der Waals surface area contributed by atoms with E-state index in [0.717, 1.165) is 50.3 Å². The van der Waals surface area contributed by atoms with Crippen LogP contribution in [0.15, 0.2) is 85.5 Å². The lowest BCUT2D eigenvalue weighted by molar-refractivity contribution is 0.413. The second kappa shape index (κ2) is 8.51. The van der Waals surface area contributed by atoms with E-state index in [-0.39, 0.29) is 11.7 Å². The van der Waals surface area contributed by atoms with E-state index < -0.39 is 0 Å². The van der Waals surface area contributed by atoms with Crippen LogP contribution >= 0.6 is 0 Å². The fraction of sp³-hybridized carbons (Fsp3) is 0.143. The minimum absolute atomic E-state index is 0.0819. The molecule has 3 aromatic carbocycles. The Morgan fingerprint density at radius 2 is 1.79 bits per heavy atom. The van der Waals surface area contributed by atoms with E-state index in [2.05, 4.69) is 42.2 Å². The second-order valence-corrected chi connectivity index (χ2v) is 8.18. The van der Waals surface area contributed by atoms with Gasteiger partial charge in [0.05, 0.1) is 30.3 Å². The molecule has 0 saturated heterocycles. The van der Waals surface area contributed by atoms with Gasteiger partial charge < -0.3 is 9.30 Å². The highest BCUT2D eigenvalue weighted by molar-refractivity contribution is 5.96. The number of pyridine rings is 1. The van der Waals surface area contributed by atoms with Gasteiger partial charge in [-0.1, -0.05) is 43.3 Å². The number of benzene rings is 3. The molecule has 0 aliphatic heterocycles. The van der Waals surface area contributed by atoms with Gasteiger partial charge in [-0.05, 0) is 59.5 Å². The molecule has 4 nitrogen and oxygen atoms in total. The lowest BCUT2D eigenvalue weighted by atomic mass is 9.89. The highest BCUT2D eigenvalue weighted by atomic mass is 19.1. The Morgan fingerprint density at radius 3 is 2.52 bits per heavy atom. The average molecular weight is 438 g/mol. The number of hydrogen-bond acceptors (Lipinski definition) is 3. The molecular formula is C28H24FN3O. The second-order valence-electron chi connectivity index (χ2n) is 8.18. The largest absolute Gasteiger partial charge is 0.495 e. The third-order valence-electron chi connectivity index (χ3n) is 6.12. The van der Waals surface area contributed by atoms with Crippen molar-refractivity contribution in [3.8, 4) is 22.6 Å². The molecule has 0 N–H and O–H groups in total. The SMILES string of the molecule is COc1cc(-c2ccnc3c(C(C)c4ccc(F)cc4)cccc23)ccc1-n1cnc(C)c1. The highest BCUT2D eigenvalue weighted by Gasteiger charge is 2.16. The fourth-order valence-corrected chi connectivity index (χ4v) is 4.34. The average Bonchev–Trinajstić information content (AvgIpc) is 3.29. The maximum atomic E-state index is 13.4. The van der Waals surface area contributed by atoms with E-state index >= 15 is 0 Å².